The number of ether oxygens (including phenoxy) is 1. The second-order valence-electron chi connectivity index (χ2n) is 3.57. The van der Waals surface area contributed by atoms with Crippen molar-refractivity contribution in [3.05, 3.63) is 34.9 Å². The van der Waals surface area contributed by atoms with Crippen molar-refractivity contribution in [3.8, 4) is 0 Å². The monoisotopic (exact) mass is 178 g/mol. The van der Waals surface area contributed by atoms with Crippen molar-refractivity contribution in [1.82, 2.24) is 0 Å². The molecule has 1 N–H and O–H groups in total. The molecule has 70 valence electrons. The highest BCUT2D eigenvalue weighted by Gasteiger charge is 2.40. The summed E-state index contributed by atoms with van der Waals surface area (Å²) < 4.78 is 5.34. The SMILES string of the molecule is Cc1cccc(C2OC2CO)c1C. The maximum atomic E-state index is 8.87. The van der Waals surface area contributed by atoms with Crippen LogP contribution in [0.5, 0.6) is 0 Å². The van der Waals surface area contributed by atoms with E-state index in [0.29, 0.717) is 0 Å². The molecule has 0 bridgehead atoms. The molecule has 0 spiro atoms. The van der Waals surface area contributed by atoms with Crippen molar-refractivity contribution in [2.45, 2.75) is 26.1 Å². The molecule has 1 aliphatic rings. The Hall–Kier alpha value is -0.860. The molecule has 2 rings (SSSR count). The van der Waals surface area contributed by atoms with Crippen LogP contribution in [-0.2, 0) is 4.74 Å². The van der Waals surface area contributed by atoms with Crippen LogP contribution in [-0.4, -0.2) is 17.8 Å². The lowest BCUT2D eigenvalue weighted by Gasteiger charge is -2.04. The Labute approximate surface area is 78.2 Å². The first-order chi connectivity index (χ1) is 6.24. The maximum Gasteiger partial charge on any atom is 0.112 e. The zero-order valence-electron chi connectivity index (χ0n) is 7.95. The van der Waals surface area contributed by atoms with Gasteiger partial charge in [0.05, 0.1) is 6.61 Å². The van der Waals surface area contributed by atoms with Crippen molar-refractivity contribution in [1.29, 1.82) is 0 Å². The summed E-state index contributed by atoms with van der Waals surface area (Å²) in [6.45, 7) is 4.31. The van der Waals surface area contributed by atoms with Gasteiger partial charge in [-0.1, -0.05) is 18.2 Å². The fraction of sp³-hybridized carbons (Fsp3) is 0.455. The van der Waals surface area contributed by atoms with Crippen LogP contribution in [0.4, 0.5) is 0 Å². The lowest BCUT2D eigenvalue weighted by atomic mass is 10.00. The summed E-state index contributed by atoms with van der Waals surface area (Å²) in [5.41, 5.74) is 3.78. The van der Waals surface area contributed by atoms with Crippen LogP contribution in [0.2, 0.25) is 0 Å². The summed E-state index contributed by atoms with van der Waals surface area (Å²) in [6.07, 6.45) is 0.158. The zero-order chi connectivity index (χ0) is 9.42. The Balaban J connectivity index is 2.27. The lowest BCUT2D eigenvalue weighted by molar-refractivity contribution is 0.242. The Bertz CT molecular complexity index is 320. The summed E-state index contributed by atoms with van der Waals surface area (Å²) >= 11 is 0. The Morgan fingerprint density at radius 1 is 1.38 bits per heavy atom. The molecular formula is C11H14O2. The normalized spacial score (nSPS) is 26.1. The molecule has 2 atom stereocenters. The van der Waals surface area contributed by atoms with E-state index in [2.05, 4.69) is 26.0 Å². The number of aryl methyl sites for hydroxylation is 1. The Morgan fingerprint density at radius 3 is 2.77 bits per heavy atom. The van der Waals surface area contributed by atoms with E-state index < -0.39 is 0 Å². The van der Waals surface area contributed by atoms with E-state index in [1.54, 1.807) is 0 Å². The van der Waals surface area contributed by atoms with Crippen LogP contribution < -0.4 is 0 Å². The number of aliphatic hydroxyl groups excluding tert-OH is 1. The molecule has 0 amide bonds. The average molecular weight is 178 g/mol. The van der Waals surface area contributed by atoms with Crippen molar-refractivity contribution in [2.24, 2.45) is 0 Å². The molecule has 1 aliphatic heterocycles. The van der Waals surface area contributed by atoms with E-state index in [9.17, 15) is 0 Å². The van der Waals surface area contributed by atoms with Crippen molar-refractivity contribution in [3.63, 3.8) is 0 Å². The summed E-state index contributed by atoms with van der Waals surface area (Å²) in [5.74, 6) is 0. The Kier molecular flexibility index (Phi) is 2.10. The van der Waals surface area contributed by atoms with Gasteiger partial charge in [-0.2, -0.15) is 0 Å². The predicted octanol–water partition coefficient (Wildman–Crippen LogP) is 1.74. The zero-order valence-corrected chi connectivity index (χ0v) is 7.95. The Morgan fingerprint density at radius 2 is 2.15 bits per heavy atom. The molecule has 13 heavy (non-hydrogen) atoms. The number of benzene rings is 1. The summed E-state index contributed by atoms with van der Waals surface area (Å²) in [6, 6.07) is 6.20. The first kappa shape index (κ1) is 8.73. The van der Waals surface area contributed by atoms with Crippen molar-refractivity contribution in [2.75, 3.05) is 6.61 Å². The van der Waals surface area contributed by atoms with Crippen LogP contribution in [0.15, 0.2) is 18.2 Å². The molecule has 1 heterocycles. The van der Waals surface area contributed by atoms with Gasteiger partial charge in [-0.05, 0) is 30.5 Å². The highest BCUT2D eigenvalue weighted by Crippen LogP contribution is 2.40. The number of epoxide rings is 1. The summed E-state index contributed by atoms with van der Waals surface area (Å²) in [4.78, 5) is 0. The molecule has 0 aliphatic carbocycles. The van der Waals surface area contributed by atoms with E-state index in [1.807, 2.05) is 6.07 Å². The number of aliphatic hydroxyl groups is 1. The molecule has 1 saturated heterocycles. The summed E-state index contributed by atoms with van der Waals surface area (Å²) in [5, 5.41) is 8.87. The molecule has 0 aromatic heterocycles. The van der Waals surface area contributed by atoms with Crippen LogP contribution in [0.25, 0.3) is 0 Å². The fourth-order valence-electron chi connectivity index (χ4n) is 1.64. The second-order valence-corrected chi connectivity index (χ2v) is 3.57. The molecular weight excluding hydrogens is 164 g/mol. The van der Waals surface area contributed by atoms with E-state index >= 15 is 0 Å². The molecule has 1 aromatic carbocycles. The standard InChI is InChI=1S/C11H14O2/c1-7-4-3-5-9(8(7)2)11-10(6-12)13-11/h3-5,10-12H,6H2,1-2H3. The van der Waals surface area contributed by atoms with Crippen molar-refractivity contribution >= 4 is 0 Å². The number of hydrogen-bond donors (Lipinski definition) is 1. The molecule has 0 saturated carbocycles. The number of hydrogen-bond acceptors (Lipinski definition) is 2. The molecule has 2 unspecified atom stereocenters. The quantitative estimate of drug-likeness (QED) is 0.700. The largest absolute Gasteiger partial charge is 0.394 e. The molecule has 2 heteroatoms. The first-order valence-electron chi connectivity index (χ1n) is 4.56. The van der Waals surface area contributed by atoms with Crippen LogP contribution in [0.3, 0.4) is 0 Å². The van der Waals surface area contributed by atoms with Crippen molar-refractivity contribution < 1.29 is 9.84 Å². The summed E-state index contributed by atoms with van der Waals surface area (Å²) in [7, 11) is 0. The van der Waals surface area contributed by atoms with Gasteiger partial charge in [0.25, 0.3) is 0 Å². The minimum absolute atomic E-state index is 0.0282. The topological polar surface area (TPSA) is 32.8 Å². The van der Waals surface area contributed by atoms with Gasteiger partial charge < -0.3 is 9.84 Å². The highest BCUT2D eigenvalue weighted by molar-refractivity contribution is 5.36. The second kappa shape index (κ2) is 3.13. The third-order valence-electron chi connectivity index (χ3n) is 2.72. The smallest absolute Gasteiger partial charge is 0.112 e. The minimum atomic E-state index is 0.0282. The van der Waals surface area contributed by atoms with Gasteiger partial charge in [-0.25, -0.2) is 0 Å². The van der Waals surface area contributed by atoms with Crippen LogP contribution in [0, 0.1) is 13.8 Å². The molecule has 1 fully saturated rings. The van der Waals surface area contributed by atoms with Gasteiger partial charge in [0, 0.05) is 0 Å². The van der Waals surface area contributed by atoms with Gasteiger partial charge >= 0.3 is 0 Å². The van der Waals surface area contributed by atoms with Gasteiger partial charge in [0.15, 0.2) is 0 Å². The van der Waals surface area contributed by atoms with Crippen LogP contribution >= 0.6 is 0 Å². The van der Waals surface area contributed by atoms with E-state index in [-0.39, 0.29) is 18.8 Å². The minimum Gasteiger partial charge on any atom is -0.394 e. The average Bonchev–Trinajstić information content (AvgIpc) is 2.89. The van der Waals surface area contributed by atoms with Crippen LogP contribution in [0.1, 0.15) is 22.8 Å². The van der Waals surface area contributed by atoms with Gasteiger partial charge in [0.2, 0.25) is 0 Å². The van der Waals surface area contributed by atoms with Gasteiger partial charge in [-0.3, -0.25) is 0 Å². The van der Waals surface area contributed by atoms with E-state index in [1.165, 1.54) is 16.7 Å². The molecule has 0 radical (unpaired) electrons. The number of rotatable bonds is 2. The highest BCUT2D eigenvalue weighted by atomic mass is 16.6. The molecule has 1 aromatic rings. The van der Waals surface area contributed by atoms with E-state index in [0.717, 1.165) is 0 Å². The van der Waals surface area contributed by atoms with E-state index in [4.69, 9.17) is 9.84 Å². The lowest BCUT2D eigenvalue weighted by Crippen LogP contribution is -1.97. The third kappa shape index (κ3) is 1.47. The predicted molar refractivity (Wildman–Crippen MR) is 50.6 cm³/mol. The third-order valence-corrected chi connectivity index (χ3v) is 2.72. The molecule has 2 nitrogen and oxygen atoms in total. The fourth-order valence-corrected chi connectivity index (χ4v) is 1.64. The van der Waals surface area contributed by atoms with Gasteiger partial charge in [-0.15, -0.1) is 0 Å². The maximum absolute atomic E-state index is 8.87. The van der Waals surface area contributed by atoms with Gasteiger partial charge in [0.1, 0.15) is 12.2 Å². The first-order valence-corrected chi connectivity index (χ1v) is 4.56.